The molecule has 0 radical (unpaired) electrons. The number of carbonyl (C=O) groups excluding carboxylic acids is 2. The summed E-state index contributed by atoms with van der Waals surface area (Å²) < 4.78 is 15.2. The van der Waals surface area contributed by atoms with Gasteiger partial charge >= 0.3 is 5.97 Å². The highest BCUT2D eigenvalue weighted by molar-refractivity contribution is 5.94. The van der Waals surface area contributed by atoms with Gasteiger partial charge in [-0.05, 0) is 30.2 Å². The van der Waals surface area contributed by atoms with Gasteiger partial charge in [0, 0.05) is 12.1 Å². The number of non-ortho nitro benzene ring substituents is 1. The van der Waals surface area contributed by atoms with E-state index in [2.05, 4.69) is 5.32 Å². The van der Waals surface area contributed by atoms with Crippen LogP contribution in [0.4, 0.5) is 11.4 Å². The van der Waals surface area contributed by atoms with E-state index in [-0.39, 0.29) is 23.7 Å². The number of nitrogens with zero attached hydrogens (tertiary/aromatic N) is 1. The molecule has 1 amide bonds. The van der Waals surface area contributed by atoms with Crippen molar-refractivity contribution < 1.29 is 28.7 Å². The molecule has 0 aliphatic rings. The molecular formula is C19H20N2O7. The minimum absolute atomic E-state index is 0.102. The first-order valence-electron chi connectivity index (χ1n) is 8.42. The maximum Gasteiger partial charge on any atom is 0.344 e. The van der Waals surface area contributed by atoms with Crippen molar-refractivity contribution in [3.8, 4) is 11.5 Å². The van der Waals surface area contributed by atoms with E-state index < -0.39 is 23.4 Å². The average Bonchev–Trinajstić information content (AvgIpc) is 2.71. The Hall–Kier alpha value is -3.62. The number of hydrogen-bond donors (Lipinski definition) is 1. The zero-order valence-electron chi connectivity index (χ0n) is 15.5. The fourth-order valence-corrected chi connectivity index (χ4v) is 2.24. The number of amides is 1. The highest BCUT2D eigenvalue weighted by Crippen LogP contribution is 2.28. The minimum atomic E-state index is -0.722. The highest BCUT2D eigenvalue weighted by atomic mass is 16.6. The number of hydrogen-bond acceptors (Lipinski definition) is 7. The number of aryl methyl sites for hydroxylation is 1. The molecule has 2 rings (SSSR count). The maximum absolute atomic E-state index is 12.0. The summed E-state index contributed by atoms with van der Waals surface area (Å²) in [4.78, 5) is 33.9. The lowest BCUT2D eigenvalue weighted by atomic mass is 10.2. The monoisotopic (exact) mass is 388 g/mol. The van der Waals surface area contributed by atoms with Crippen molar-refractivity contribution in [2.45, 2.75) is 13.3 Å². The summed E-state index contributed by atoms with van der Waals surface area (Å²) in [7, 11) is 1.36. The van der Waals surface area contributed by atoms with Crippen molar-refractivity contribution in [1.82, 2.24) is 0 Å². The molecule has 9 heteroatoms. The number of carbonyl (C=O) groups is 2. The summed E-state index contributed by atoms with van der Waals surface area (Å²) in [5.74, 6) is -0.635. The predicted molar refractivity (Wildman–Crippen MR) is 101 cm³/mol. The topological polar surface area (TPSA) is 117 Å². The fraction of sp³-hybridized carbons (Fsp3) is 0.263. The van der Waals surface area contributed by atoms with E-state index in [0.29, 0.717) is 5.75 Å². The number of anilines is 1. The molecule has 0 unspecified atom stereocenters. The quantitative estimate of drug-likeness (QED) is 0.399. The lowest BCUT2D eigenvalue weighted by Crippen LogP contribution is -2.23. The Morgan fingerprint density at radius 1 is 1.11 bits per heavy atom. The van der Waals surface area contributed by atoms with Crippen LogP contribution in [0.5, 0.6) is 11.5 Å². The molecule has 0 bridgehead atoms. The van der Waals surface area contributed by atoms with E-state index in [9.17, 15) is 19.7 Å². The van der Waals surface area contributed by atoms with Gasteiger partial charge in [0.1, 0.15) is 11.5 Å². The predicted octanol–water partition coefficient (Wildman–Crippen LogP) is 2.73. The van der Waals surface area contributed by atoms with Gasteiger partial charge in [-0.3, -0.25) is 14.9 Å². The summed E-state index contributed by atoms with van der Waals surface area (Å²) >= 11 is 0. The van der Waals surface area contributed by atoms with Crippen LogP contribution in [0.3, 0.4) is 0 Å². The van der Waals surface area contributed by atoms with Crippen LogP contribution in [-0.4, -0.2) is 37.1 Å². The molecule has 0 atom stereocenters. The second kappa shape index (κ2) is 9.91. The van der Waals surface area contributed by atoms with Crippen molar-refractivity contribution in [3.05, 3.63) is 58.1 Å². The molecule has 0 saturated heterocycles. The number of ether oxygens (including phenoxy) is 3. The number of benzene rings is 2. The highest BCUT2D eigenvalue weighted by Gasteiger charge is 2.15. The Kier molecular flexibility index (Phi) is 7.32. The Balaban J connectivity index is 1.83. The molecule has 9 nitrogen and oxygen atoms in total. The lowest BCUT2D eigenvalue weighted by Gasteiger charge is -2.10. The molecule has 0 spiro atoms. The number of nitro benzene ring substituents is 1. The summed E-state index contributed by atoms with van der Waals surface area (Å²) in [5.41, 5.74) is 1.03. The smallest absolute Gasteiger partial charge is 0.344 e. The molecule has 0 aliphatic heterocycles. The molecular weight excluding hydrogens is 368 g/mol. The number of esters is 1. The van der Waals surface area contributed by atoms with Gasteiger partial charge in [-0.2, -0.15) is 0 Å². The Morgan fingerprint density at radius 3 is 2.43 bits per heavy atom. The third-order valence-electron chi connectivity index (χ3n) is 3.72. The molecule has 0 aromatic heterocycles. The Labute approximate surface area is 161 Å². The van der Waals surface area contributed by atoms with Crippen LogP contribution in [0.15, 0.2) is 42.5 Å². The largest absolute Gasteiger partial charge is 0.495 e. The molecule has 2 aromatic rings. The summed E-state index contributed by atoms with van der Waals surface area (Å²) in [6.45, 7) is 1.11. The van der Waals surface area contributed by atoms with Crippen molar-refractivity contribution in [2.75, 3.05) is 25.6 Å². The van der Waals surface area contributed by atoms with E-state index in [1.165, 1.54) is 19.2 Å². The normalized spacial score (nSPS) is 10.1. The van der Waals surface area contributed by atoms with E-state index >= 15 is 0 Å². The average molecular weight is 388 g/mol. The zero-order chi connectivity index (χ0) is 20.5. The van der Waals surface area contributed by atoms with E-state index in [1.807, 2.05) is 19.1 Å². The molecule has 1 N–H and O–H groups in total. The van der Waals surface area contributed by atoms with E-state index in [1.54, 1.807) is 12.1 Å². The first-order valence-corrected chi connectivity index (χ1v) is 8.42. The third kappa shape index (κ3) is 5.97. The fourth-order valence-electron chi connectivity index (χ4n) is 2.24. The standard InChI is InChI=1S/C19H20N2O7/c1-3-13-4-7-15(8-5-13)27-12-19(23)28-11-18(22)20-16-10-14(21(24)25)6-9-17(16)26-2/h4-10H,3,11-12H2,1-2H3,(H,20,22). The van der Waals surface area contributed by atoms with Gasteiger partial charge in [0.25, 0.3) is 11.6 Å². The van der Waals surface area contributed by atoms with E-state index in [0.717, 1.165) is 18.1 Å². The van der Waals surface area contributed by atoms with Gasteiger partial charge in [-0.25, -0.2) is 4.79 Å². The second-order valence-corrected chi connectivity index (χ2v) is 5.64. The molecule has 2 aromatic carbocycles. The minimum Gasteiger partial charge on any atom is -0.495 e. The van der Waals surface area contributed by atoms with Crippen LogP contribution in [0.2, 0.25) is 0 Å². The van der Waals surface area contributed by atoms with Crippen LogP contribution >= 0.6 is 0 Å². The summed E-state index contributed by atoms with van der Waals surface area (Å²) in [6, 6.07) is 11.0. The van der Waals surface area contributed by atoms with Crippen molar-refractivity contribution >= 4 is 23.3 Å². The zero-order valence-corrected chi connectivity index (χ0v) is 15.5. The Bertz CT molecular complexity index is 850. The SMILES string of the molecule is CCc1ccc(OCC(=O)OCC(=O)Nc2cc([N+](=O)[O-])ccc2OC)cc1. The van der Waals surface area contributed by atoms with Gasteiger partial charge in [0.05, 0.1) is 17.7 Å². The number of methoxy groups -OCH3 is 1. The molecule has 0 aliphatic carbocycles. The molecule has 0 fully saturated rings. The second-order valence-electron chi connectivity index (χ2n) is 5.64. The molecule has 0 heterocycles. The van der Waals surface area contributed by atoms with Crippen LogP contribution in [0.1, 0.15) is 12.5 Å². The van der Waals surface area contributed by atoms with Crippen molar-refractivity contribution in [3.63, 3.8) is 0 Å². The van der Waals surface area contributed by atoms with Gasteiger partial charge < -0.3 is 19.5 Å². The molecule has 148 valence electrons. The van der Waals surface area contributed by atoms with Gasteiger partial charge in [-0.1, -0.05) is 19.1 Å². The van der Waals surface area contributed by atoms with Crippen LogP contribution in [-0.2, 0) is 20.7 Å². The summed E-state index contributed by atoms with van der Waals surface area (Å²) in [5, 5.41) is 13.3. The first kappa shape index (κ1) is 20.7. The molecule has 0 saturated carbocycles. The van der Waals surface area contributed by atoms with E-state index in [4.69, 9.17) is 14.2 Å². The summed E-state index contributed by atoms with van der Waals surface area (Å²) in [6.07, 6.45) is 0.896. The number of nitrogens with one attached hydrogen (secondary N) is 1. The van der Waals surface area contributed by atoms with Crippen LogP contribution < -0.4 is 14.8 Å². The van der Waals surface area contributed by atoms with Crippen molar-refractivity contribution in [2.24, 2.45) is 0 Å². The molecule has 28 heavy (non-hydrogen) atoms. The third-order valence-corrected chi connectivity index (χ3v) is 3.72. The maximum atomic E-state index is 12.0. The lowest BCUT2D eigenvalue weighted by molar-refractivity contribution is -0.384. The number of rotatable bonds is 9. The Morgan fingerprint density at radius 2 is 1.82 bits per heavy atom. The van der Waals surface area contributed by atoms with Gasteiger partial charge in [0.15, 0.2) is 13.2 Å². The van der Waals surface area contributed by atoms with Crippen LogP contribution in [0, 0.1) is 10.1 Å². The van der Waals surface area contributed by atoms with Crippen molar-refractivity contribution in [1.29, 1.82) is 0 Å². The van der Waals surface area contributed by atoms with Gasteiger partial charge in [-0.15, -0.1) is 0 Å². The number of nitro groups is 1. The van der Waals surface area contributed by atoms with Gasteiger partial charge in [0.2, 0.25) is 0 Å². The first-order chi connectivity index (χ1) is 13.4. The van der Waals surface area contributed by atoms with Crippen LogP contribution in [0.25, 0.3) is 0 Å².